The molecule has 0 aliphatic rings. The summed E-state index contributed by atoms with van der Waals surface area (Å²) in [6.07, 6.45) is 0.410. The lowest BCUT2D eigenvalue weighted by molar-refractivity contribution is 0.246. The molecule has 0 atom stereocenters. The summed E-state index contributed by atoms with van der Waals surface area (Å²) < 4.78 is 53.0. The second kappa shape index (κ2) is 10.8. The molecule has 34 heavy (non-hydrogen) atoms. The Hall–Kier alpha value is -3.99. The van der Waals surface area contributed by atoms with E-state index >= 15 is 0 Å². The van der Waals surface area contributed by atoms with Gasteiger partial charge in [0.05, 0.1) is 4.90 Å². The minimum absolute atomic E-state index is 0.0274. The van der Waals surface area contributed by atoms with Crippen LogP contribution in [0.25, 0.3) is 0 Å². The van der Waals surface area contributed by atoms with Gasteiger partial charge in [-0.05, 0) is 54.8 Å². The Bertz CT molecular complexity index is 1280. The first-order valence-electron chi connectivity index (χ1n) is 10.1. The van der Waals surface area contributed by atoms with Crippen LogP contribution >= 0.6 is 0 Å². The van der Waals surface area contributed by atoms with Crippen molar-refractivity contribution in [1.82, 2.24) is 10.0 Å². The van der Waals surface area contributed by atoms with Gasteiger partial charge in [0, 0.05) is 24.0 Å². The van der Waals surface area contributed by atoms with E-state index in [4.69, 9.17) is 0 Å². The molecule has 4 amide bonds. The molecular weight excluding hydrogens is 466 g/mol. The first-order valence-corrected chi connectivity index (χ1v) is 11.6. The topological polar surface area (TPSA) is 116 Å². The predicted molar refractivity (Wildman–Crippen MR) is 124 cm³/mol. The fraction of sp³-hybridized carbons (Fsp3) is 0.130. The standard InChI is InChI=1S/C23H22F2N4O4S/c1-15-4-2-3-5-21(15)34(32,33)29-22(30)26-11-10-16-6-8-19(9-7-16)27-23(31)28-20-13-17(24)12-18(25)14-20/h2-9,12-14H,10-11H2,1H3,(H2,26,29,30)(H2,27,28,31). The highest BCUT2D eigenvalue weighted by Crippen LogP contribution is 2.15. The van der Waals surface area contributed by atoms with E-state index in [9.17, 15) is 26.8 Å². The van der Waals surface area contributed by atoms with E-state index in [1.165, 1.54) is 6.07 Å². The Morgan fingerprint density at radius 1 is 0.824 bits per heavy atom. The van der Waals surface area contributed by atoms with Crippen LogP contribution in [0, 0.1) is 18.6 Å². The lowest BCUT2D eigenvalue weighted by Gasteiger charge is -2.11. The summed E-state index contributed by atoms with van der Waals surface area (Å²) in [5.41, 5.74) is 1.75. The molecule has 0 bridgehead atoms. The van der Waals surface area contributed by atoms with Crippen molar-refractivity contribution in [3.8, 4) is 0 Å². The number of anilines is 2. The molecule has 0 radical (unpaired) electrons. The summed E-state index contributed by atoms with van der Waals surface area (Å²) in [5, 5.41) is 7.36. The van der Waals surface area contributed by atoms with E-state index < -0.39 is 33.7 Å². The number of halogens is 2. The molecule has 0 fully saturated rings. The first kappa shape index (κ1) is 24.6. The maximum atomic E-state index is 13.2. The smallest absolute Gasteiger partial charge is 0.328 e. The molecule has 0 heterocycles. The number of carbonyl (C=O) groups excluding carboxylic acids is 2. The zero-order chi connectivity index (χ0) is 24.7. The summed E-state index contributed by atoms with van der Waals surface area (Å²) in [7, 11) is -3.98. The minimum Gasteiger partial charge on any atom is -0.337 e. The average molecular weight is 489 g/mol. The molecule has 0 saturated carbocycles. The molecule has 0 unspecified atom stereocenters. The van der Waals surface area contributed by atoms with E-state index in [0.717, 1.165) is 17.7 Å². The van der Waals surface area contributed by atoms with Gasteiger partial charge in [-0.25, -0.2) is 31.5 Å². The van der Waals surface area contributed by atoms with E-state index in [1.807, 2.05) is 4.72 Å². The van der Waals surface area contributed by atoms with Crippen molar-refractivity contribution >= 4 is 33.5 Å². The summed E-state index contributed by atoms with van der Waals surface area (Å²) in [6, 6.07) is 14.1. The van der Waals surface area contributed by atoms with Crippen LogP contribution in [0.2, 0.25) is 0 Å². The molecule has 11 heteroatoms. The van der Waals surface area contributed by atoms with E-state index in [1.54, 1.807) is 49.4 Å². The fourth-order valence-corrected chi connectivity index (χ4v) is 4.24. The normalized spacial score (nSPS) is 10.9. The van der Waals surface area contributed by atoms with Gasteiger partial charge in [-0.15, -0.1) is 0 Å². The van der Waals surface area contributed by atoms with E-state index in [2.05, 4.69) is 16.0 Å². The monoisotopic (exact) mass is 488 g/mol. The summed E-state index contributed by atoms with van der Waals surface area (Å²) >= 11 is 0. The third-order valence-corrected chi connectivity index (χ3v) is 6.13. The second-order valence-electron chi connectivity index (χ2n) is 7.31. The van der Waals surface area contributed by atoms with Gasteiger partial charge >= 0.3 is 12.1 Å². The zero-order valence-electron chi connectivity index (χ0n) is 18.1. The largest absolute Gasteiger partial charge is 0.337 e. The molecule has 3 rings (SSSR count). The van der Waals surface area contributed by atoms with Gasteiger partial charge in [-0.3, -0.25) is 0 Å². The molecule has 0 saturated heterocycles. The van der Waals surface area contributed by atoms with Crippen molar-refractivity contribution in [3.63, 3.8) is 0 Å². The Kier molecular flexibility index (Phi) is 7.79. The van der Waals surface area contributed by atoms with Gasteiger partial charge in [0.25, 0.3) is 10.0 Å². The molecule has 8 nitrogen and oxygen atoms in total. The average Bonchev–Trinajstić information content (AvgIpc) is 2.74. The van der Waals surface area contributed by atoms with Crippen LogP contribution < -0.4 is 20.7 Å². The molecule has 0 aliphatic heterocycles. The quantitative estimate of drug-likeness (QED) is 0.400. The predicted octanol–water partition coefficient (Wildman–Crippen LogP) is 4.15. The highest BCUT2D eigenvalue weighted by molar-refractivity contribution is 7.90. The van der Waals surface area contributed by atoms with Crippen LogP contribution in [-0.4, -0.2) is 27.0 Å². The van der Waals surface area contributed by atoms with Gasteiger partial charge in [0.2, 0.25) is 0 Å². The van der Waals surface area contributed by atoms with Gasteiger partial charge in [-0.1, -0.05) is 30.3 Å². The van der Waals surface area contributed by atoms with Crippen molar-refractivity contribution in [2.45, 2.75) is 18.2 Å². The van der Waals surface area contributed by atoms with Gasteiger partial charge in [-0.2, -0.15) is 0 Å². The van der Waals surface area contributed by atoms with Gasteiger partial charge < -0.3 is 16.0 Å². The third-order valence-electron chi connectivity index (χ3n) is 4.64. The summed E-state index contributed by atoms with van der Waals surface area (Å²) in [4.78, 5) is 24.0. The number of rotatable bonds is 7. The van der Waals surface area contributed by atoms with Crippen molar-refractivity contribution in [2.75, 3.05) is 17.2 Å². The molecule has 3 aromatic rings. The van der Waals surface area contributed by atoms with E-state index in [-0.39, 0.29) is 17.1 Å². The Balaban J connectivity index is 1.46. The molecule has 0 spiro atoms. The van der Waals surface area contributed by atoms with Crippen LogP contribution in [0.4, 0.5) is 29.7 Å². The van der Waals surface area contributed by atoms with Crippen LogP contribution in [0.1, 0.15) is 11.1 Å². The lowest BCUT2D eigenvalue weighted by atomic mass is 10.1. The maximum Gasteiger partial charge on any atom is 0.328 e. The minimum atomic E-state index is -3.98. The number of nitrogens with one attached hydrogen (secondary N) is 4. The maximum absolute atomic E-state index is 13.2. The number of hydrogen-bond acceptors (Lipinski definition) is 4. The Labute approximate surface area is 195 Å². The highest BCUT2D eigenvalue weighted by atomic mass is 32.2. The van der Waals surface area contributed by atoms with Crippen LogP contribution in [0.5, 0.6) is 0 Å². The number of aryl methyl sites for hydroxylation is 1. The van der Waals surface area contributed by atoms with Crippen LogP contribution in [0.3, 0.4) is 0 Å². The number of amides is 4. The van der Waals surface area contributed by atoms with Crippen molar-refractivity contribution in [1.29, 1.82) is 0 Å². The van der Waals surface area contributed by atoms with E-state index in [0.29, 0.717) is 23.7 Å². The molecule has 3 aromatic carbocycles. The first-order chi connectivity index (χ1) is 16.1. The highest BCUT2D eigenvalue weighted by Gasteiger charge is 2.19. The number of hydrogen-bond donors (Lipinski definition) is 4. The van der Waals surface area contributed by atoms with Crippen molar-refractivity contribution < 1.29 is 26.8 Å². The van der Waals surface area contributed by atoms with Crippen molar-refractivity contribution in [3.05, 3.63) is 89.5 Å². The van der Waals surface area contributed by atoms with Gasteiger partial charge in [0.15, 0.2) is 0 Å². The Morgan fingerprint density at radius 3 is 2.09 bits per heavy atom. The van der Waals surface area contributed by atoms with Crippen molar-refractivity contribution in [2.24, 2.45) is 0 Å². The third kappa shape index (κ3) is 7.01. The Morgan fingerprint density at radius 2 is 1.44 bits per heavy atom. The summed E-state index contributed by atoms with van der Waals surface area (Å²) in [5.74, 6) is -1.62. The summed E-state index contributed by atoms with van der Waals surface area (Å²) in [6.45, 7) is 1.81. The van der Waals surface area contributed by atoms with Crippen LogP contribution in [-0.2, 0) is 16.4 Å². The number of carbonyl (C=O) groups is 2. The molecular formula is C23H22F2N4O4S. The fourth-order valence-electron chi connectivity index (χ4n) is 3.07. The van der Waals surface area contributed by atoms with Gasteiger partial charge in [0.1, 0.15) is 11.6 Å². The lowest BCUT2D eigenvalue weighted by Crippen LogP contribution is -2.40. The number of sulfonamides is 1. The van der Waals surface area contributed by atoms with Crippen LogP contribution in [0.15, 0.2) is 71.6 Å². The number of benzene rings is 3. The zero-order valence-corrected chi connectivity index (χ0v) is 18.9. The molecule has 4 N–H and O–H groups in total. The molecule has 0 aliphatic carbocycles. The molecule has 0 aromatic heterocycles. The number of urea groups is 2. The SMILES string of the molecule is Cc1ccccc1S(=O)(=O)NC(=O)NCCc1ccc(NC(=O)Nc2cc(F)cc(F)c2)cc1. The molecule has 178 valence electrons. The second-order valence-corrected chi connectivity index (χ2v) is 8.96.